The molecule has 32 heavy (non-hydrogen) atoms. The Hall–Kier alpha value is -4.20. The molecule has 0 bridgehead atoms. The van der Waals surface area contributed by atoms with Crippen LogP contribution in [0.3, 0.4) is 0 Å². The van der Waals surface area contributed by atoms with E-state index in [2.05, 4.69) is 55.1 Å². The molecule has 160 valence electrons. The molecule has 0 fully saturated rings. The zero-order valence-electron chi connectivity index (χ0n) is 18.0. The first-order valence-corrected chi connectivity index (χ1v) is 10.5. The minimum Gasteiger partial charge on any atom is -0.368 e. The van der Waals surface area contributed by atoms with Crippen LogP contribution in [0, 0.1) is 0 Å². The molecule has 5 rings (SSSR count). The summed E-state index contributed by atoms with van der Waals surface area (Å²) in [5.74, 6) is 1.04. The molecular weight excluding hydrogens is 400 g/mol. The summed E-state index contributed by atoms with van der Waals surface area (Å²) in [7, 11) is 1.90. The average Bonchev–Trinajstić information content (AvgIpc) is 3.43. The lowest BCUT2D eigenvalue weighted by atomic mass is 10.1. The molecule has 0 radical (unpaired) electrons. The van der Waals surface area contributed by atoms with Crippen molar-refractivity contribution in [2.75, 3.05) is 17.2 Å². The number of nitrogens with zero attached hydrogens (tertiary/aromatic N) is 6. The molecular formula is C24H24N8. The van der Waals surface area contributed by atoms with Gasteiger partial charge in [-0.1, -0.05) is 30.3 Å². The fraction of sp³-hybridized carbons (Fsp3) is 0.167. The van der Waals surface area contributed by atoms with Gasteiger partial charge < -0.3 is 15.6 Å². The summed E-state index contributed by atoms with van der Waals surface area (Å²) in [5, 5.41) is 5.24. The second-order valence-electron chi connectivity index (χ2n) is 7.69. The minimum atomic E-state index is 0.245. The van der Waals surface area contributed by atoms with Crippen molar-refractivity contribution >= 4 is 22.8 Å². The summed E-state index contributed by atoms with van der Waals surface area (Å²) < 4.78 is 1.78. The summed E-state index contributed by atoms with van der Waals surface area (Å²) in [6.45, 7) is 3.65. The number of nitrogens with one attached hydrogen (secondary N) is 1. The Morgan fingerprint density at radius 3 is 2.66 bits per heavy atom. The van der Waals surface area contributed by atoms with Crippen molar-refractivity contribution in [3.63, 3.8) is 0 Å². The molecule has 0 aliphatic heterocycles. The average molecular weight is 425 g/mol. The van der Waals surface area contributed by atoms with Crippen LogP contribution in [0.15, 0.2) is 67.3 Å². The van der Waals surface area contributed by atoms with Gasteiger partial charge >= 0.3 is 0 Å². The highest BCUT2D eigenvalue weighted by molar-refractivity contribution is 5.95. The predicted molar refractivity (Wildman–Crippen MR) is 127 cm³/mol. The summed E-state index contributed by atoms with van der Waals surface area (Å²) in [6.07, 6.45) is 7.57. The van der Waals surface area contributed by atoms with Gasteiger partial charge in [-0.3, -0.25) is 4.68 Å². The van der Waals surface area contributed by atoms with Gasteiger partial charge in [-0.2, -0.15) is 10.1 Å². The van der Waals surface area contributed by atoms with E-state index in [1.165, 1.54) is 5.56 Å². The molecule has 0 saturated carbocycles. The Kier molecular flexibility index (Phi) is 5.03. The number of rotatable bonds is 6. The van der Waals surface area contributed by atoms with Crippen LogP contribution < -0.4 is 10.6 Å². The number of aryl methyl sites for hydroxylation is 1. The minimum absolute atomic E-state index is 0.245. The molecule has 1 aromatic carbocycles. The Balaban J connectivity index is 1.55. The maximum atomic E-state index is 6.13. The quantitative estimate of drug-likeness (QED) is 0.427. The van der Waals surface area contributed by atoms with Crippen LogP contribution in [0.2, 0.25) is 0 Å². The van der Waals surface area contributed by atoms with Crippen molar-refractivity contribution in [3.05, 3.63) is 72.8 Å². The maximum absolute atomic E-state index is 6.13. The highest BCUT2D eigenvalue weighted by Crippen LogP contribution is 2.32. The van der Waals surface area contributed by atoms with Gasteiger partial charge in [0.2, 0.25) is 5.95 Å². The van der Waals surface area contributed by atoms with E-state index in [-0.39, 0.29) is 5.95 Å². The zero-order chi connectivity index (χ0) is 22.1. The van der Waals surface area contributed by atoms with Crippen LogP contribution >= 0.6 is 0 Å². The molecule has 4 heterocycles. The number of anilines is 2. The number of pyridine rings is 1. The molecule has 5 aromatic rings. The molecule has 0 amide bonds. The Labute approximate surface area is 185 Å². The summed E-state index contributed by atoms with van der Waals surface area (Å²) in [4.78, 5) is 19.1. The lowest BCUT2D eigenvalue weighted by Gasteiger charge is -2.22. The van der Waals surface area contributed by atoms with Crippen molar-refractivity contribution in [3.8, 4) is 22.4 Å². The first kappa shape index (κ1) is 19.7. The van der Waals surface area contributed by atoms with Crippen molar-refractivity contribution in [1.82, 2.24) is 29.7 Å². The van der Waals surface area contributed by atoms with Gasteiger partial charge in [-0.25, -0.2) is 9.97 Å². The first-order valence-electron chi connectivity index (χ1n) is 10.5. The molecule has 0 spiro atoms. The lowest BCUT2D eigenvalue weighted by molar-refractivity contribution is 0.768. The predicted octanol–water partition coefficient (Wildman–Crippen LogP) is 4.03. The Bertz CT molecular complexity index is 1370. The fourth-order valence-corrected chi connectivity index (χ4v) is 3.85. The van der Waals surface area contributed by atoms with E-state index in [0.29, 0.717) is 0 Å². The number of hydrogen-bond donors (Lipinski definition) is 2. The maximum Gasteiger partial charge on any atom is 0.222 e. The molecule has 4 aromatic heterocycles. The van der Waals surface area contributed by atoms with Gasteiger partial charge in [0, 0.05) is 66.9 Å². The monoisotopic (exact) mass is 424 g/mol. The summed E-state index contributed by atoms with van der Waals surface area (Å²) >= 11 is 0. The van der Waals surface area contributed by atoms with Crippen molar-refractivity contribution < 1.29 is 0 Å². The molecule has 0 aliphatic carbocycles. The van der Waals surface area contributed by atoms with Crippen LogP contribution in [0.1, 0.15) is 12.5 Å². The number of nitrogen functional groups attached to an aromatic ring is 1. The van der Waals surface area contributed by atoms with Gasteiger partial charge in [-0.15, -0.1) is 0 Å². The Morgan fingerprint density at radius 1 is 1.06 bits per heavy atom. The third-order valence-corrected chi connectivity index (χ3v) is 5.50. The van der Waals surface area contributed by atoms with E-state index in [1.54, 1.807) is 4.68 Å². The smallest absolute Gasteiger partial charge is 0.222 e. The van der Waals surface area contributed by atoms with E-state index in [1.807, 2.05) is 56.1 Å². The molecule has 0 atom stereocenters. The van der Waals surface area contributed by atoms with Gasteiger partial charge in [-0.05, 0) is 18.6 Å². The molecule has 0 aliphatic rings. The SMILES string of the molecule is CCN(Cc1ccccc1)c1cc(-c2c[nH]c3ncc(-c4cnn(C)c4)cc23)nc(N)n1. The Morgan fingerprint density at radius 2 is 1.91 bits per heavy atom. The van der Waals surface area contributed by atoms with Crippen molar-refractivity contribution in [2.45, 2.75) is 13.5 Å². The second kappa shape index (κ2) is 8.14. The zero-order valence-corrected chi connectivity index (χ0v) is 18.0. The standard InChI is InChI=1S/C24H24N8/c1-3-32(14-16-7-5-4-6-8-16)22-10-21(29-24(25)30-22)20-13-27-23-19(20)9-17(11-26-23)18-12-28-31(2)15-18/h4-13,15H,3,14H2,1-2H3,(H,26,27)(H2,25,29,30). The van der Waals surface area contributed by atoms with E-state index in [0.717, 1.165) is 52.3 Å². The van der Waals surface area contributed by atoms with Crippen molar-refractivity contribution in [1.29, 1.82) is 0 Å². The van der Waals surface area contributed by atoms with Crippen molar-refractivity contribution in [2.24, 2.45) is 7.05 Å². The second-order valence-corrected chi connectivity index (χ2v) is 7.69. The van der Waals surface area contributed by atoms with Gasteiger partial charge in [0.25, 0.3) is 0 Å². The van der Waals surface area contributed by atoms with Crippen LogP contribution in [-0.2, 0) is 13.6 Å². The lowest BCUT2D eigenvalue weighted by Crippen LogP contribution is -2.23. The number of fused-ring (bicyclic) bond motifs is 1. The van der Waals surface area contributed by atoms with Gasteiger partial charge in [0.05, 0.1) is 11.9 Å². The van der Waals surface area contributed by atoms with E-state index in [4.69, 9.17) is 5.73 Å². The number of H-pyrrole nitrogens is 1. The van der Waals surface area contributed by atoms with Gasteiger partial charge in [0.15, 0.2) is 0 Å². The fourth-order valence-electron chi connectivity index (χ4n) is 3.85. The molecule has 8 heteroatoms. The number of nitrogens with two attached hydrogens (primary N) is 1. The third-order valence-electron chi connectivity index (χ3n) is 5.50. The topological polar surface area (TPSA) is 102 Å². The number of benzene rings is 1. The molecule has 3 N–H and O–H groups in total. The number of aromatic amines is 1. The number of aromatic nitrogens is 6. The summed E-state index contributed by atoms with van der Waals surface area (Å²) in [5.41, 5.74) is 11.8. The van der Waals surface area contributed by atoms with Crippen LogP contribution in [-0.4, -0.2) is 36.3 Å². The van der Waals surface area contributed by atoms with Crippen LogP contribution in [0.4, 0.5) is 11.8 Å². The molecule has 0 saturated heterocycles. The highest BCUT2D eigenvalue weighted by Gasteiger charge is 2.15. The van der Waals surface area contributed by atoms with E-state index >= 15 is 0 Å². The normalized spacial score (nSPS) is 11.2. The molecule has 0 unspecified atom stereocenters. The highest BCUT2D eigenvalue weighted by atomic mass is 15.2. The summed E-state index contributed by atoms with van der Waals surface area (Å²) in [6, 6.07) is 14.4. The van der Waals surface area contributed by atoms with E-state index in [9.17, 15) is 0 Å². The largest absolute Gasteiger partial charge is 0.368 e. The van der Waals surface area contributed by atoms with Gasteiger partial charge in [0.1, 0.15) is 11.5 Å². The third kappa shape index (κ3) is 3.78. The van der Waals surface area contributed by atoms with Crippen LogP contribution in [0.5, 0.6) is 0 Å². The molecule has 8 nitrogen and oxygen atoms in total. The first-order chi connectivity index (χ1) is 15.6. The van der Waals surface area contributed by atoms with Crippen LogP contribution in [0.25, 0.3) is 33.4 Å². The van der Waals surface area contributed by atoms with E-state index < -0.39 is 0 Å². The number of hydrogen-bond acceptors (Lipinski definition) is 6.